The third-order valence-corrected chi connectivity index (χ3v) is 4.28. The molecule has 21 heavy (non-hydrogen) atoms. The number of hydrogen-bond acceptors (Lipinski definition) is 3. The van der Waals surface area contributed by atoms with Crippen LogP contribution in [0, 0.1) is 5.92 Å². The minimum atomic E-state index is -4.35. The lowest BCUT2D eigenvalue weighted by Crippen LogP contribution is -2.36. The largest absolute Gasteiger partial charge is 0.469 e. The second kappa shape index (κ2) is 6.25. The van der Waals surface area contributed by atoms with Crippen LogP contribution in [0.25, 0.3) is 0 Å². The molecule has 0 amide bonds. The molecule has 3 nitrogen and oxygen atoms in total. The molecule has 0 atom stereocenters. The van der Waals surface area contributed by atoms with Crippen LogP contribution < -0.4 is 4.90 Å². The third-order valence-electron chi connectivity index (χ3n) is 3.65. The molecule has 1 aromatic carbocycles. The van der Waals surface area contributed by atoms with Gasteiger partial charge in [-0.3, -0.25) is 4.79 Å². The maximum absolute atomic E-state index is 12.6. The number of rotatable bonds is 2. The number of methoxy groups -OCH3 is 1. The van der Waals surface area contributed by atoms with Crippen molar-refractivity contribution < 1.29 is 22.7 Å². The van der Waals surface area contributed by atoms with Gasteiger partial charge in [0.1, 0.15) is 0 Å². The van der Waals surface area contributed by atoms with Gasteiger partial charge in [-0.2, -0.15) is 13.2 Å². The van der Waals surface area contributed by atoms with Crippen LogP contribution in [0.15, 0.2) is 22.7 Å². The fourth-order valence-electron chi connectivity index (χ4n) is 2.46. The summed E-state index contributed by atoms with van der Waals surface area (Å²) in [7, 11) is 1.36. The molecule has 1 aliphatic heterocycles. The Balaban J connectivity index is 2.09. The van der Waals surface area contributed by atoms with Crippen molar-refractivity contribution >= 4 is 27.6 Å². The first-order valence-corrected chi connectivity index (χ1v) is 7.31. The average molecular weight is 366 g/mol. The fourth-order valence-corrected chi connectivity index (χ4v) is 3.09. The maximum Gasteiger partial charge on any atom is 0.416 e. The Morgan fingerprint density at radius 2 is 1.95 bits per heavy atom. The highest BCUT2D eigenvalue weighted by Crippen LogP contribution is 2.36. The predicted molar refractivity (Wildman–Crippen MR) is 76.1 cm³/mol. The van der Waals surface area contributed by atoms with Gasteiger partial charge in [0, 0.05) is 17.6 Å². The smallest absolute Gasteiger partial charge is 0.416 e. The van der Waals surface area contributed by atoms with Crippen molar-refractivity contribution in [3.63, 3.8) is 0 Å². The van der Waals surface area contributed by atoms with Crippen molar-refractivity contribution in [3.8, 4) is 0 Å². The highest BCUT2D eigenvalue weighted by molar-refractivity contribution is 9.10. The number of ether oxygens (including phenoxy) is 1. The molecule has 0 radical (unpaired) electrons. The van der Waals surface area contributed by atoms with Gasteiger partial charge < -0.3 is 9.64 Å². The normalized spacial score (nSPS) is 16.9. The van der Waals surface area contributed by atoms with E-state index in [1.807, 2.05) is 4.90 Å². The Morgan fingerprint density at radius 3 is 2.43 bits per heavy atom. The first-order valence-electron chi connectivity index (χ1n) is 6.52. The average Bonchev–Trinajstić information content (AvgIpc) is 2.45. The molecule has 0 spiro atoms. The van der Waals surface area contributed by atoms with Gasteiger partial charge in [-0.1, -0.05) is 0 Å². The van der Waals surface area contributed by atoms with Crippen LogP contribution in [0.1, 0.15) is 18.4 Å². The van der Waals surface area contributed by atoms with Gasteiger partial charge in [-0.25, -0.2) is 0 Å². The first-order chi connectivity index (χ1) is 9.82. The van der Waals surface area contributed by atoms with Gasteiger partial charge in [0.25, 0.3) is 0 Å². The molecule has 116 valence electrons. The first kappa shape index (κ1) is 16.1. The Hall–Kier alpha value is -1.24. The number of esters is 1. The summed E-state index contributed by atoms with van der Waals surface area (Å²) in [6, 6.07) is 3.62. The lowest BCUT2D eigenvalue weighted by molar-refractivity contribution is -0.146. The summed E-state index contributed by atoms with van der Waals surface area (Å²) < 4.78 is 43.0. The van der Waals surface area contributed by atoms with Crippen LogP contribution in [0.3, 0.4) is 0 Å². The number of piperidine rings is 1. The highest BCUT2D eigenvalue weighted by Gasteiger charge is 2.32. The van der Waals surface area contributed by atoms with Gasteiger partial charge in [0.05, 0.1) is 24.3 Å². The lowest BCUT2D eigenvalue weighted by atomic mass is 9.96. The van der Waals surface area contributed by atoms with E-state index in [1.165, 1.54) is 13.2 Å². The Kier molecular flexibility index (Phi) is 4.81. The monoisotopic (exact) mass is 365 g/mol. The van der Waals surface area contributed by atoms with Crippen molar-refractivity contribution in [1.82, 2.24) is 0 Å². The van der Waals surface area contributed by atoms with Crippen LogP contribution in [0.4, 0.5) is 18.9 Å². The molecule has 0 saturated carbocycles. The highest BCUT2D eigenvalue weighted by atomic mass is 79.9. The number of hydrogen-bond donors (Lipinski definition) is 0. The molecule has 1 aromatic rings. The minimum Gasteiger partial charge on any atom is -0.469 e. The molecule has 2 rings (SSSR count). The van der Waals surface area contributed by atoms with Crippen LogP contribution in [-0.2, 0) is 15.7 Å². The Morgan fingerprint density at radius 1 is 1.33 bits per heavy atom. The third kappa shape index (κ3) is 3.70. The van der Waals surface area contributed by atoms with Crippen molar-refractivity contribution in [3.05, 3.63) is 28.2 Å². The van der Waals surface area contributed by atoms with Gasteiger partial charge in [-0.15, -0.1) is 0 Å². The predicted octanol–water partition coefficient (Wildman–Crippen LogP) is 3.86. The van der Waals surface area contributed by atoms with E-state index in [9.17, 15) is 18.0 Å². The van der Waals surface area contributed by atoms with E-state index in [2.05, 4.69) is 15.9 Å². The van der Waals surface area contributed by atoms with Crippen LogP contribution in [-0.4, -0.2) is 26.2 Å². The van der Waals surface area contributed by atoms with Gasteiger partial charge in [0.2, 0.25) is 0 Å². The summed E-state index contributed by atoms with van der Waals surface area (Å²) in [5, 5.41) is 0. The van der Waals surface area contributed by atoms with E-state index in [0.29, 0.717) is 36.1 Å². The summed E-state index contributed by atoms with van der Waals surface area (Å²) in [6.45, 7) is 1.23. The molecule has 0 unspecified atom stereocenters. The van der Waals surface area contributed by atoms with Crippen LogP contribution in [0.5, 0.6) is 0 Å². The van der Waals surface area contributed by atoms with E-state index >= 15 is 0 Å². The number of benzene rings is 1. The number of halogens is 4. The summed E-state index contributed by atoms with van der Waals surface area (Å²) in [6.07, 6.45) is -3.07. The quantitative estimate of drug-likeness (QED) is 0.745. The van der Waals surface area contributed by atoms with Crippen LogP contribution >= 0.6 is 15.9 Å². The molecule has 0 N–H and O–H groups in total. The van der Waals surface area contributed by atoms with Crippen molar-refractivity contribution in [1.29, 1.82) is 0 Å². The summed E-state index contributed by atoms with van der Waals surface area (Å²) in [4.78, 5) is 13.4. The molecule has 0 aromatic heterocycles. The molecule has 1 aliphatic rings. The standard InChI is InChI=1S/C14H15BrF3NO2/c1-21-13(20)9-4-6-19(7-5-9)12-3-2-10(8-11(12)15)14(16,17)18/h2-3,8-9H,4-7H2,1H3. The maximum atomic E-state index is 12.6. The van der Waals surface area contributed by atoms with Crippen LogP contribution in [0.2, 0.25) is 0 Å². The van der Waals surface area contributed by atoms with E-state index in [4.69, 9.17) is 4.74 Å². The molecule has 0 aliphatic carbocycles. The van der Waals surface area contributed by atoms with E-state index in [-0.39, 0.29) is 11.9 Å². The number of nitrogens with zero attached hydrogens (tertiary/aromatic N) is 1. The Labute approximate surface area is 129 Å². The second-order valence-corrected chi connectivity index (χ2v) is 5.80. The summed E-state index contributed by atoms with van der Waals surface area (Å²) >= 11 is 3.20. The van der Waals surface area contributed by atoms with Crippen molar-refractivity contribution in [2.75, 3.05) is 25.1 Å². The number of alkyl halides is 3. The molecule has 7 heteroatoms. The molecule has 1 heterocycles. The van der Waals surface area contributed by atoms with Gasteiger partial charge in [-0.05, 0) is 47.0 Å². The van der Waals surface area contributed by atoms with E-state index < -0.39 is 11.7 Å². The van der Waals surface area contributed by atoms with Gasteiger partial charge in [0.15, 0.2) is 0 Å². The van der Waals surface area contributed by atoms with E-state index in [0.717, 1.165) is 12.1 Å². The number of anilines is 1. The van der Waals surface area contributed by atoms with E-state index in [1.54, 1.807) is 0 Å². The minimum absolute atomic E-state index is 0.125. The fraction of sp³-hybridized carbons (Fsp3) is 0.500. The van der Waals surface area contributed by atoms with Crippen molar-refractivity contribution in [2.45, 2.75) is 19.0 Å². The second-order valence-electron chi connectivity index (χ2n) is 4.95. The zero-order valence-electron chi connectivity index (χ0n) is 11.4. The molecular weight excluding hydrogens is 351 g/mol. The number of carbonyl (C=O) groups excluding carboxylic acids is 1. The van der Waals surface area contributed by atoms with Crippen molar-refractivity contribution in [2.24, 2.45) is 5.92 Å². The zero-order valence-corrected chi connectivity index (χ0v) is 13.0. The SMILES string of the molecule is COC(=O)C1CCN(c2ccc(C(F)(F)F)cc2Br)CC1. The molecule has 1 saturated heterocycles. The summed E-state index contributed by atoms with van der Waals surface area (Å²) in [5.41, 5.74) is 0.0360. The lowest BCUT2D eigenvalue weighted by Gasteiger charge is -2.33. The number of carbonyl (C=O) groups is 1. The molecule has 0 bridgehead atoms. The summed E-state index contributed by atoms with van der Waals surface area (Å²) in [5.74, 6) is -0.347. The molecule has 1 fully saturated rings. The Bertz CT molecular complexity index is 525. The van der Waals surface area contributed by atoms with Gasteiger partial charge >= 0.3 is 12.1 Å². The molecular formula is C14H15BrF3NO2. The zero-order chi connectivity index (χ0) is 15.6. The topological polar surface area (TPSA) is 29.5 Å².